The Kier molecular flexibility index (Phi) is 9.36. The number of halogens is 4. The van der Waals surface area contributed by atoms with Crippen molar-refractivity contribution in [2.24, 2.45) is 0 Å². The number of hydrogen-bond acceptors (Lipinski definition) is 0. The van der Waals surface area contributed by atoms with E-state index in [2.05, 4.69) is 133 Å². The van der Waals surface area contributed by atoms with E-state index in [1.807, 2.05) is 60.7 Å². The van der Waals surface area contributed by atoms with Crippen molar-refractivity contribution in [1.29, 1.82) is 0 Å². The third kappa shape index (κ3) is 6.16. The molecule has 0 nitrogen and oxygen atoms in total. The molecule has 0 unspecified atom stereocenters. The highest BCUT2D eigenvalue weighted by atomic mass is 19.1. The quantitative estimate of drug-likeness (QED) is 0.0885. The highest BCUT2D eigenvalue weighted by molar-refractivity contribution is 6.42. The summed E-state index contributed by atoms with van der Waals surface area (Å²) in [6.45, 7) is 0. The predicted octanol–water partition coefficient (Wildman–Crippen LogP) is 21.9. The van der Waals surface area contributed by atoms with Gasteiger partial charge in [-0.25, -0.2) is 17.6 Å². The molecule has 80 heavy (non-hydrogen) atoms. The van der Waals surface area contributed by atoms with Gasteiger partial charge < -0.3 is 0 Å². The lowest BCUT2D eigenvalue weighted by Crippen LogP contribution is -1.95. The molecule has 0 heterocycles. The Morgan fingerprint density at radius 2 is 0.400 bits per heavy atom. The highest BCUT2D eigenvalue weighted by Crippen LogP contribution is 2.63. The minimum Gasteiger partial charge on any atom is -0.207 e. The van der Waals surface area contributed by atoms with Gasteiger partial charge in [0, 0.05) is 0 Å². The summed E-state index contributed by atoms with van der Waals surface area (Å²) in [5.41, 5.74) is 20.9. The summed E-state index contributed by atoms with van der Waals surface area (Å²) in [5.74, 6) is -1.16. The molecule has 15 aromatic rings. The predicted molar refractivity (Wildman–Crippen MR) is 324 cm³/mol. The molecule has 0 atom stereocenters. The van der Waals surface area contributed by atoms with Crippen LogP contribution in [-0.2, 0) is 0 Å². The van der Waals surface area contributed by atoms with Gasteiger partial charge in [-0.2, -0.15) is 0 Å². The van der Waals surface area contributed by atoms with Crippen molar-refractivity contribution in [2.75, 3.05) is 0 Å². The summed E-state index contributed by atoms with van der Waals surface area (Å²) in [4.78, 5) is 0. The van der Waals surface area contributed by atoms with E-state index in [9.17, 15) is 17.6 Å². The van der Waals surface area contributed by atoms with E-state index in [0.717, 1.165) is 154 Å². The van der Waals surface area contributed by atoms with Gasteiger partial charge in [0.1, 0.15) is 23.3 Å². The van der Waals surface area contributed by atoms with E-state index in [1.54, 1.807) is 24.3 Å². The molecule has 4 heteroatoms. The van der Waals surface area contributed by atoms with Crippen molar-refractivity contribution < 1.29 is 17.6 Å². The second-order valence-electron chi connectivity index (χ2n) is 21.4. The maximum Gasteiger partial charge on any atom is 0.123 e. The molecule has 0 fully saturated rings. The third-order valence-corrected chi connectivity index (χ3v) is 17.4. The molecule has 2 aliphatic rings. The molecule has 0 radical (unpaired) electrons. The second-order valence-corrected chi connectivity index (χ2v) is 21.4. The fourth-order valence-electron chi connectivity index (χ4n) is 14.2. The molecule has 0 spiro atoms. The van der Waals surface area contributed by atoms with E-state index in [0.29, 0.717) is 0 Å². The molecule has 0 aromatic heterocycles. The number of fused-ring (bicyclic) bond motifs is 10. The van der Waals surface area contributed by atoms with Gasteiger partial charge in [0.05, 0.1) is 0 Å². The molecule has 0 N–H and O–H groups in total. The van der Waals surface area contributed by atoms with Crippen LogP contribution in [0.25, 0.3) is 176 Å². The van der Waals surface area contributed by atoms with Gasteiger partial charge in [-0.3, -0.25) is 0 Å². The average Bonchev–Trinajstić information content (AvgIpc) is 4.24. The van der Waals surface area contributed by atoms with Crippen LogP contribution in [0.4, 0.5) is 17.6 Å². The normalized spacial score (nSPS) is 12.2. The van der Waals surface area contributed by atoms with Crippen molar-refractivity contribution in [3.05, 3.63) is 266 Å². The fourth-order valence-corrected chi connectivity index (χ4v) is 14.2. The summed E-state index contributed by atoms with van der Waals surface area (Å²) >= 11 is 0. The first-order chi connectivity index (χ1) is 39.4. The van der Waals surface area contributed by atoms with Gasteiger partial charge in [0.2, 0.25) is 0 Å². The summed E-state index contributed by atoms with van der Waals surface area (Å²) in [7, 11) is 0. The molecular weight excluding hydrogens is 989 g/mol. The SMILES string of the molecule is Fc1ccc(-c2ccccc2-c2c3c(c(-c4ccc(F)cc4)c4ccccc24)-c2ccc4c5ccc6c7c(ccc(c8ccc-3c2c48)c75)-c2c-6c(-c3ccccc3-c3ccc(F)cc3)c3ccccc3c2-c2ccc(F)cc2)cc1. The molecule has 2 aliphatic carbocycles. The fraction of sp³-hybridized carbons (Fsp3) is 0. The smallest absolute Gasteiger partial charge is 0.123 e. The minimum absolute atomic E-state index is 0.287. The first kappa shape index (κ1) is 44.9. The Morgan fingerprint density at radius 1 is 0.150 bits per heavy atom. The number of rotatable bonds is 6. The standard InChI is InChI=1S/C76H40F4/c77-45-25-17-41(18-26-45)49-9-1-3-11-51(49)69-55-15-7-5-13-53(55)65(43-21-29-47(79)30-22-43)73-61-37-33-57-60-36-40-64-72-62(38-34-58(68(60)72)59-35-39-63(75(69)73)71(61)67(57)59)74-66(44-23-31-48(80)32-24-44)54-14-6-8-16-56(54)70(76(64)74)52-12-4-2-10-50(52)42-19-27-46(78)28-20-42/h1-40H. The Hall–Kier alpha value is -10.2. The lowest BCUT2D eigenvalue weighted by atomic mass is 9.81. The van der Waals surface area contributed by atoms with Crippen molar-refractivity contribution in [3.8, 4) is 111 Å². The average molecular weight is 1030 g/mol. The lowest BCUT2D eigenvalue weighted by Gasteiger charge is -2.22. The van der Waals surface area contributed by atoms with E-state index in [-0.39, 0.29) is 23.3 Å². The zero-order valence-corrected chi connectivity index (χ0v) is 42.6. The van der Waals surface area contributed by atoms with Crippen molar-refractivity contribution in [1.82, 2.24) is 0 Å². The van der Waals surface area contributed by atoms with E-state index in [1.165, 1.54) is 45.8 Å². The molecule has 372 valence electrons. The first-order valence-corrected chi connectivity index (χ1v) is 27.0. The van der Waals surface area contributed by atoms with E-state index < -0.39 is 0 Å². The van der Waals surface area contributed by atoms with E-state index >= 15 is 0 Å². The molecule has 0 aliphatic heterocycles. The molecular formula is C76H40F4. The van der Waals surface area contributed by atoms with Crippen LogP contribution in [0.3, 0.4) is 0 Å². The number of benzene rings is 15. The zero-order valence-electron chi connectivity index (χ0n) is 42.6. The van der Waals surface area contributed by atoms with Gasteiger partial charge in [0.25, 0.3) is 0 Å². The minimum atomic E-state index is -0.293. The molecule has 15 aromatic carbocycles. The highest BCUT2D eigenvalue weighted by Gasteiger charge is 2.36. The van der Waals surface area contributed by atoms with Crippen LogP contribution < -0.4 is 0 Å². The molecule has 0 saturated carbocycles. The number of hydrogen-bond donors (Lipinski definition) is 0. The van der Waals surface area contributed by atoms with Crippen LogP contribution in [0.1, 0.15) is 0 Å². The van der Waals surface area contributed by atoms with Crippen molar-refractivity contribution in [2.45, 2.75) is 0 Å². The van der Waals surface area contributed by atoms with Crippen LogP contribution in [-0.4, -0.2) is 0 Å². The maximum absolute atomic E-state index is 14.9. The Morgan fingerprint density at radius 3 is 0.713 bits per heavy atom. The van der Waals surface area contributed by atoms with Gasteiger partial charge >= 0.3 is 0 Å². The molecule has 0 bridgehead atoms. The first-order valence-electron chi connectivity index (χ1n) is 27.0. The topological polar surface area (TPSA) is 0 Å². The summed E-state index contributed by atoms with van der Waals surface area (Å²) in [6.07, 6.45) is 0. The molecule has 17 rings (SSSR count). The van der Waals surface area contributed by atoms with Crippen LogP contribution in [0, 0.1) is 23.3 Å². The van der Waals surface area contributed by atoms with Gasteiger partial charge in [-0.15, -0.1) is 0 Å². The largest absolute Gasteiger partial charge is 0.207 e. The molecule has 0 amide bonds. The van der Waals surface area contributed by atoms with Gasteiger partial charge in [0.15, 0.2) is 0 Å². The van der Waals surface area contributed by atoms with Gasteiger partial charge in [-0.1, -0.05) is 194 Å². The molecule has 0 saturated heterocycles. The maximum atomic E-state index is 14.9. The van der Waals surface area contributed by atoms with E-state index in [4.69, 9.17) is 0 Å². The Labute approximate surface area is 457 Å². The third-order valence-electron chi connectivity index (χ3n) is 17.4. The summed E-state index contributed by atoms with van der Waals surface area (Å²) in [5, 5.41) is 13.5. The van der Waals surface area contributed by atoms with Crippen molar-refractivity contribution >= 4 is 64.6 Å². The summed E-state index contributed by atoms with van der Waals surface area (Å²) in [6, 6.07) is 79.8. The Bertz CT molecular complexity index is 4820. The van der Waals surface area contributed by atoms with Crippen LogP contribution >= 0.6 is 0 Å². The zero-order chi connectivity index (χ0) is 53.1. The van der Waals surface area contributed by atoms with Gasteiger partial charge in [-0.05, 0) is 224 Å². The van der Waals surface area contributed by atoms with Crippen LogP contribution in [0.5, 0.6) is 0 Å². The van der Waals surface area contributed by atoms with Crippen LogP contribution in [0.15, 0.2) is 243 Å². The summed E-state index contributed by atoms with van der Waals surface area (Å²) < 4.78 is 58.9. The monoisotopic (exact) mass is 1030 g/mol. The Balaban J connectivity index is 0.983. The lowest BCUT2D eigenvalue weighted by molar-refractivity contribution is 0.627. The van der Waals surface area contributed by atoms with Crippen LogP contribution in [0.2, 0.25) is 0 Å². The van der Waals surface area contributed by atoms with Crippen molar-refractivity contribution in [3.63, 3.8) is 0 Å². The second kappa shape index (κ2) is 16.7.